The van der Waals surface area contributed by atoms with Crippen molar-refractivity contribution in [2.24, 2.45) is 0 Å². The minimum Gasteiger partial charge on any atom is -0.497 e. The number of carbonyl (C=O) groups is 1. The number of hydrogen-bond donors (Lipinski definition) is 1. The Morgan fingerprint density at radius 2 is 1.71 bits per heavy atom. The van der Waals surface area contributed by atoms with Gasteiger partial charge in [0.25, 0.3) is 0 Å². The predicted molar refractivity (Wildman–Crippen MR) is 118 cm³/mol. The number of amides is 1. The number of ether oxygens (including phenoxy) is 1. The Morgan fingerprint density at radius 3 is 2.32 bits per heavy atom. The van der Waals surface area contributed by atoms with Crippen molar-refractivity contribution in [1.29, 1.82) is 0 Å². The maximum atomic E-state index is 12.2. The summed E-state index contributed by atoms with van der Waals surface area (Å²) >= 11 is 1.67. The standard InChI is InChI=1S/C22H29N3O2S/c1-3-24-13-15-25(16-14-24)19-6-4-18(5-7-19)23-22(26)12-17-28-21-10-8-20(27-2)9-11-21/h4-11H,3,12-17H2,1-2H3,(H,23,26). The molecule has 2 aromatic rings. The van der Waals surface area contributed by atoms with E-state index in [1.165, 1.54) is 5.69 Å². The van der Waals surface area contributed by atoms with Crippen LogP contribution in [0.4, 0.5) is 11.4 Å². The Labute approximate surface area is 172 Å². The van der Waals surface area contributed by atoms with Crippen molar-refractivity contribution in [3.05, 3.63) is 48.5 Å². The lowest BCUT2D eigenvalue weighted by Gasteiger charge is -2.35. The Morgan fingerprint density at radius 1 is 1.04 bits per heavy atom. The Kier molecular flexibility index (Phi) is 7.62. The molecule has 1 amide bonds. The van der Waals surface area contributed by atoms with E-state index >= 15 is 0 Å². The zero-order chi connectivity index (χ0) is 19.8. The molecule has 1 saturated heterocycles. The highest BCUT2D eigenvalue weighted by Crippen LogP contribution is 2.23. The summed E-state index contributed by atoms with van der Waals surface area (Å²) in [5.74, 6) is 1.64. The molecule has 0 saturated carbocycles. The van der Waals surface area contributed by atoms with Gasteiger partial charge in [-0.15, -0.1) is 11.8 Å². The summed E-state index contributed by atoms with van der Waals surface area (Å²) in [6.07, 6.45) is 0.484. The first-order valence-electron chi connectivity index (χ1n) is 9.82. The first-order chi connectivity index (χ1) is 13.7. The number of likely N-dealkylation sites (N-methyl/N-ethyl adjacent to an activating group) is 1. The third kappa shape index (κ3) is 5.91. The average Bonchev–Trinajstić information content (AvgIpc) is 2.75. The number of rotatable bonds is 8. The molecule has 0 aromatic heterocycles. The highest BCUT2D eigenvalue weighted by molar-refractivity contribution is 7.99. The van der Waals surface area contributed by atoms with Gasteiger partial charge in [0.1, 0.15) is 5.75 Å². The molecule has 1 aliphatic rings. The molecule has 150 valence electrons. The number of carbonyl (C=O) groups excluding carboxylic acids is 1. The maximum absolute atomic E-state index is 12.2. The molecule has 1 N–H and O–H groups in total. The van der Waals surface area contributed by atoms with Crippen molar-refractivity contribution < 1.29 is 9.53 Å². The fourth-order valence-electron chi connectivity index (χ4n) is 3.23. The molecule has 6 heteroatoms. The second kappa shape index (κ2) is 10.4. The van der Waals surface area contributed by atoms with E-state index < -0.39 is 0 Å². The van der Waals surface area contributed by atoms with Crippen LogP contribution in [0.2, 0.25) is 0 Å². The van der Waals surface area contributed by atoms with Gasteiger partial charge in [0, 0.05) is 54.6 Å². The Bertz CT molecular complexity index is 741. The molecule has 3 rings (SSSR count). The van der Waals surface area contributed by atoms with Gasteiger partial charge >= 0.3 is 0 Å². The van der Waals surface area contributed by atoms with Crippen LogP contribution in [0.15, 0.2) is 53.4 Å². The smallest absolute Gasteiger partial charge is 0.225 e. The quantitative estimate of drug-likeness (QED) is 0.681. The van der Waals surface area contributed by atoms with Gasteiger partial charge in [-0.25, -0.2) is 0 Å². The van der Waals surface area contributed by atoms with E-state index in [4.69, 9.17) is 4.74 Å². The molecule has 0 bridgehead atoms. The van der Waals surface area contributed by atoms with E-state index in [-0.39, 0.29) is 5.91 Å². The summed E-state index contributed by atoms with van der Waals surface area (Å²) < 4.78 is 5.16. The first kappa shape index (κ1) is 20.6. The van der Waals surface area contributed by atoms with Gasteiger partial charge in [0.05, 0.1) is 7.11 Å². The number of methoxy groups -OCH3 is 1. The Hall–Kier alpha value is -2.18. The van der Waals surface area contributed by atoms with Gasteiger partial charge < -0.3 is 19.9 Å². The van der Waals surface area contributed by atoms with Crippen LogP contribution in [0.5, 0.6) is 5.75 Å². The van der Waals surface area contributed by atoms with E-state index in [0.29, 0.717) is 6.42 Å². The van der Waals surface area contributed by atoms with E-state index in [9.17, 15) is 4.79 Å². The monoisotopic (exact) mass is 399 g/mol. The minimum atomic E-state index is 0.0466. The van der Waals surface area contributed by atoms with Crippen LogP contribution in [-0.2, 0) is 4.79 Å². The summed E-state index contributed by atoms with van der Waals surface area (Å²) in [5.41, 5.74) is 2.08. The van der Waals surface area contributed by atoms with Gasteiger partial charge in [-0.1, -0.05) is 6.92 Å². The SMILES string of the molecule is CCN1CCN(c2ccc(NC(=O)CCSc3ccc(OC)cc3)cc2)CC1. The van der Waals surface area contributed by atoms with Gasteiger partial charge in [-0.3, -0.25) is 4.79 Å². The fraction of sp³-hybridized carbons (Fsp3) is 0.409. The number of nitrogens with zero attached hydrogens (tertiary/aromatic N) is 2. The summed E-state index contributed by atoms with van der Waals surface area (Å²) in [7, 11) is 1.66. The lowest BCUT2D eigenvalue weighted by Crippen LogP contribution is -2.46. The molecular formula is C22H29N3O2S. The van der Waals surface area contributed by atoms with Crippen LogP contribution in [0.3, 0.4) is 0 Å². The van der Waals surface area contributed by atoms with Gasteiger partial charge in [-0.2, -0.15) is 0 Å². The molecule has 0 unspecified atom stereocenters. The zero-order valence-corrected chi connectivity index (χ0v) is 17.5. The number of anilines is 2. The van der Waals surface area contributed by atoms with E-state index in [2.05, 4.69) is 34.2 Å². The van der Waals surface area contributed by atoms with Crippen molar-refractivity contribution in [2.75, 3.05) is 55.8 Å². The van der Waals surface area contributed by atoms with Gasteiger partial charge in [0.2, 0.25) is 5.91 Å². The van der Waals surface area contributed by atoms with E-state index in [1.807, 2.05) is 36.4 Å². The van der Waals surface area contributed by atoms with Gasteiger partial charge in [0.15, 0.2) is 0 Å². The third-order valence-corrected chi connectivity index (χ3v) is 6.01. The largest absolute Gasteiger partial charge is 0.497 e. The molecule has 1 heterocycles. The van der Waals surface area contributed by atoms with Crippen molar-refractivity contribution in [1.82, 2.24) is 4.90 Å². The van der Waals surface area contributed by atoms with Crippen LogP contribution in [0.1, 0.15) is 13.3 Å². The first-order valence-corrected chi connectivity index (χ1v) is 10.8. The number of thioether (sulfide) groups is 1. The predicted octanol–water partition coefficient (Wildman–Crippen LogP) is 3.96. The highest BCUT2D eigenvalue weighted by atomic mass is 32.2. The number of hydrogen-bond acceptors (Lipinski definition) is 5. The average molecular weight is 400 g/mol. The third-order valence-electron chi connectivity index (χ3n) is 4.99. The highest BCUT2D eigenvalue weighted by Gasteiger charge is 2.15. The number of nitrogens with one attached hydrogen (secondary N) is 1. The topological polar surface area (TPSA) is 44.8 Å². The summed E-state index contributed by atoms with van der Waals surface area (Å²) in [5, 5.41) is 2.99. The number of benzene rings is 2. The molecule has 28 heavy (non-hydrogen) atoms. The zero-order valence-electron chi connectivity index (χ0n) is 16.7. The van der Waals surface area contributed by atoms with Gasteiger partial charge in [-0.05, 0) is 55.1 Å². The molecule has 0 atom stereocenters. The molecule has 0 aliphatic carbocycles. The molecule has 0 radical (unpaired) electrons. The summed E-state index contributed by atoms with van der Waals surface area (Å²) in [6.45, 7) is 7.67. The molecule has 1 fully saturated rings. The molecule has 2 aromatic carbocycles. The van der Waals surface area contributed by atoms with Crippen molar-refractivity contribution in [3.8, 4) is 5.75 Å². The van der Waals surface area contributed by atoms with Crippen LogP contribution >= 0.6 is 11.8 Å². The maximum Gasteiger partial charge on any atom is 0.225 e. The van der Waals surface area contributed by atoms with E-state index in [0.717, 1.165) is 54.8 Å². The van der Waals surface area contributed by atoms with Crippen LogP contribution in [-0.4, -0.2) is 56.4 Å². The fourth-order valence-corrected chi connectivity index (χ4v) is 4.09. The van der Waals surface area contributed by atoms with Crippen molar-refractivity contribution in [3.63, 3.8) is 0 Å². The summed E-state index contributed by atoms with van der Waals surface area (Å²) in [4.78, 5) is 18.2. The summed E-state index contributed by atoms with van der Waals surface area (Å²) in [6, 6.07) is 16.1. The van der Waals surface area contributed by atoms with Crippen molar-refractivity contribution in [2.45, 2.75) is 18.2 Å². The lowest BCUT2D eigenvalue weighted by atomic mass is 10.2. The van der Waals surface area contributed by atoms with E-state index in [1.54, 1.807) is 18.9 Å². The van der Waals surface area contributed by atoms with Crippen molar-refractivity contribution >= 4 is 29.0 Å². The Balaban J connectivity index is 1.41. The number of piperazine rings is 1. The molecule has 1 aliphatic heterocycles. The minimum absolute atomic E-state index is 0.0466. The van der Waals surface area contributed by atoms with Crippen LogP contribution < -0.4 is 15.0 Å². The van der Waals surface area contributed by atoms with Crippen LogP contribution in [0, 0.1) is 0 Å². The molecular weight excluding hydrogens is 370 g/mol. The second-order valence-corrected chi connectivity index (χ2v) is 7.96. The lowest BCUT2D eigenvalue weighted by molar-refractivity contribution is -0.115. The second-order valence-electron chi connectivity index (χ2n) is 6.79. The normalized spacial score (nSPS) is 14.7. The van der Waals surface area contributed by atoms with Crippen LogP contribution in [0.25, 0.3) is 0 Å². The molecule has 0 spiro atoms. The molecule has 5 nitrogen and oxygen atoms in total.